The molecule has 0 amide bonds. The maximum Gasteiger partial charge on any atom is 0.160 e. The van der Waals surface area contributed by atoms with Gasteiger partial charge >= 0.3 is 0 Å². The van der Waals surface area contributed by atoms with Crippen LogP contribution in [0, 0.1) is 11.3 Å². The number of aromatic nitrogens is 2. The Morgan fingerprint density at radius 2 is 1.97 bits per heavy atom. The summed E-state index contributed by atoms with van der Waals surface area (Å²) < 4.78 is 10.9. The van der Waals surface area contributed by atoms with E-state index in [4.69, 9.17) is 9.47 Å². The van der Waals surface area contributed by atoms with Gasteiger partial charge in [0.05, 0.1) is 31.0 Å². The Labute approximate surface area is 204 Å². The molecule has 0 saturated heterocycles. The van der Waals surface area contributed by atoms with Crippen molar-refractivity contribution in [1.82, 2.24) is 9.97 Å². The van der Waals surface area contributed by atoms with E-state index in [0.29, 0.717) is 23.5 Å². The number of nitrogens with zero attached hydrogens (tertiary/aromatic N) is 2. The van der Waals surface area contributed by atoms with Crippen molar-refractivity contribution in [2.75, 3.05) is 19.5 Å². The number of H-pyrrole nitrogens is 1. The summed E-state index contributed by atoms with van der Waals surface area (Å²) in [6.45, 7) is 0. The number of nitriles is 1. The average molecular weight is 463 g/mol. The highest BCUT2D eigenvalue weighted by Crippen LogP contribution is 2.40. The molecule has 2 N–H and O–H groups in total. The molecular weight excluding hydrogens is 436 g/mol. The Kier molecular flexibility index (Phi) is 5.99. The van der Waals surface area contributed by atoms with Crippen molar-refractivity contribution in [3.05, 3.63) is 108 Å². The summed E-state index contributed by atoms with van der Waals surface area (Å²) in [6.07, 6.45) is 15.2. The molecule has 1 unspecified atom stereocenters. The zero-order valence-electron chi connectivity index (χ0n) is 19.7. The molecule has 35 heavy (non-hydrogen) atoms. The van der Waals surface area contributed by atoms with Gasteiger partial charge in [-0.2, -0.15) is 5.26 Å². The summed E-state index contributed by atoms with van der Waals surface area (Å²) in [5.74, 6) is 1.34. The van der Waals surface area contributed by atoms with Crippen LogP contribution in [0.2, 0.25) is 0 Å². The topological polar surface area (TPSA) is 83.0 Å². The second kappa shape index (κ2) is 9.40. The number of methoxy groups -OCH3 is 2. The van der Waals surface area contributed by atoms with Crippen LogP contribution in [0.25, 0.3) is 10.9 Å². The first kappa shape index (κ1) is 22.3. The lowest BCUT2D eigenvalue weighted by atomic mass is 9.81. The van der Waals surface area contributed by atoms with Crippen LogP contribution < -0.4 is 14.8 Å². The maximum absolute atomic E-state index is 9.98. The number of pyridine rings is 1. The Bertz CT molecular complexity index is 1480. The third kappa shape index (κ3) is 4.13. The van der Waals surface area contributed by atoms with Crippen molar-refractivity contribution in [2.24, 2.45) is 0 Å². The van der Waals surface area contributed by atoms with Gasteiger partial charge in [0, 0.05) is 35.9 Å². The minimum absolute atomic E-state index is 0.506. The standard InChI is InChI=1S/C29H26N4O2/c1-34-26-10-9-20(16-27(26)35-2)15-21-18-31-19-22(17-30)28(21)33-29(12-4-3-5-13-29)24-7-6-8-25-23(24)11-14-32-25/h3-12,14,16,18-19,32H,13,15H2,1-2H3,(H,31,33). The minimum Gasteiger partial charge on any atom is -0.493 e. The second-order valence-corrected chi connectivity index (χ2v) is 8.53. The molecule has 1 aliphatic carbocycles. The van der Waals surface area contributed by atoms with Gasteiger partial charge in [-0.1, -0.05) is 42.5 Å². The highest BCUT2D eigenvalue weighted by Gasteiger charge is 2.32. The predicted octanol–water partition coefficient (Wildman–Crippen LogP) is 5.87. The molecule has 174 valence electrons. The van der Waals surface area contributed by atoms with E-state index in [-0.39, 0.29) is 0 Å². The molecule has 6 heteroatoms. The first-order valence-electron chi connectivity index (χ1n) is 11.4. The van der Waals surface area contributed by atoms with Crippen LogP contribution in [0.15, 0.2) is 85.4 Å². The van der Waals surface area contributed by atoms with E-state index < -0.39 is 5.54 Å². The molecule has 5 rings (SSSR count). The van der Waals surface area contributed by atoms with E-state index in [0.717, 1.165) is 39.7 Å². The number of aromatic amines is 1. The lowest BCUT2D eigenvalue weighted by Crippen LogP contribution is -2.34. The van der Waals surface area contributed by atoms with Gasteiger partial charge in [-0.25, -0.2) is 0 Å². The molecule has 0 spiro atoms. The summed E-state index contributed by atoms with van der Waals surface area (Å²) in [5.41, 5.74) is 4.96. The fourth-order valence-electron chi connectivity index (χ4n) is 4.76. The SMILES string of the molecule is COc1ccc(Cc2cncc(C#N)c2NC2(c3cccc4[nH]ccc34)C=CC=CC2)cc1OC. The first-order valence-corrected chi connectivity index (χ1v) is 11.4. The van der Waals surface area contributed by atoms with Gasteiger partial charge < -0.3 is 19.8 Å². The van der Waals surface area contributed by atoms with E-state index in [9.17, 15) is 5.26 Å². The number of anilines is 1. The van der Waals surface area contributed by atoms with Crippen molar-refractivity contribution in [3.8, 4) is 17.6 Å². The highest BCUT2D eigenvalue weighted by molar-refractivity contribution is 5.85. The maximum atomic E-state index is 9.98. The number of hydrogen-bond donors (Lipinski definition) is 2. The molecule has 1 aliphatic rings. The number of hydrogen-bond acceptors (Lipinski definition) is 5. The van der Waals surface area contributed by atoms with Gasteiger partial charge in [0.25, 0.3) is 0 Å². The molecule has 0 fully saturated rings. The van der Waals surface area contributed by atoms with Crippen LogP contribution in [-0.4, -0.2) is 24.2 Å². The van der Waals surface area contributed by atoms with Crippen LogP contribution in [-0.2, 0) is 12.0 Å². The monoisotopic (exact) mass is 462 g/mol. The number of nitrogens with one attached hydrogen (secondary N) is 2. The van der Waals surface area contributed by atoms with E-state index in [1.807, 2.05) is 30.6 Å². The summed E-state index contributed by atoms with van der Waals surface area (Å²) in [7, 11) is 3.25. The third-order valence-corrected chi connectivity index (χ3v) is 6.48. The van der Waals surface area contributed by atoms with E-state index in [1.165, 1.54) is 0 Å². The van der Waals surface area contributed by atoms with Crippen LogP contribution >= 0.6 is 0 Å². The molecule has 4 aromatic rings. The van der Waals surface area contributed by atoms with Gasteiger partial charge in [-0.15, -0.1) is 0 Å². The molecule has 2 aromatic heterocycles. The fourth-order valence-corrected chi connectivity index (χ4v) is 4.76. The molecule has 2 heterocycles. The van der Waals surface area contributed by atoms with Gasteiger partial charge in [0.15, 0.2) is 11.5 Å². The average Bonchev–Trinajstić information content (AvgIpc) is 3.39. The molecule has 0 radical (unpaired) electrons. The molecule has 0 saturated carbocycles. The zero-order valence-corrected chi connectivity index (χ0v) is 19.7. The van der Waals surface area contributed by atoms with E-state index >= 15 is 0 Å². The van der Waals surface area contributed by atoms with Gasteiger partial charge in [-0.05, 0) is 47.4 Å². The molecule has 6 nitrogen and oxygen atoms in total. The Morgan fingerprint density at radius 1 is 1.09 bits per heavy atom. The summed E-state index contributed by atoms with van der Waals surface area (Å²) in [6, 6.07) is 16.6. The quantitative estimate of drug-likeness (QED) is 0.359. The summed E-state index contributed by atoms with van der Waals surface area (Å²) in [4.78, 5) is 7.68. The number of ether oxygens (including phenoxy) is 2. The first-order chi connectivity index (χ1) is 17.2. The normalized spacial score (nSPS) is 16.7. The number of rotatable bonds is 7. The van der Waals surface area contributed by atoms with E-state index in [1.54, 1.807) is 20.4 Å². The molecular formula is C29H26N4O2. The second-order valence-electron chi connectivity index (χ2n) is 8.53. The fraction of sp³-hybridized carbons (Fsp3) is 0.172. The van der Waals surface area contributed by atoms with Gasteiger partial charge in [-0.3, -0.25) is 4.98 Å². The highest BCUT2D eigenvalue weighted by atomic mass is 16.5. The van der Waals surface area contributed by atoms with Crippen LogP contribution in [0.5, 0.6) is 11.5 Å². The van der Waals surface area contributed by atoms with Crippen molar-refractivity contribution >= 4 is 16.6 Å². The van der Waals surface area contributed by atoms with Gasteiger partial charge in [0.2, 0.25) is 0 Å². The molecule has 0 bridgehead atoms. The van der Waals surface area contributed by atoms with Gasteiger partial charge in [0.1, 0.15) is 6.07 Å². The molecule has 2 aromatic carbocycles. The third-order valence-electron chi connectivity index (χ3n) is 6.48. The molecule has 1 atom stereocenters. The predicted molar refractivity (Wildman–Crippen MR) is 138 cm³/mol. The van der Waals surface area contributed by atoms with Crippen LogP contribution in [0.3, 0.4) is 0 Å². The van der Waals surface area contributed by atoms with Crippen molar-refractivity contribution in [3.63, 3.8) is 0 Å². The van der Waals surface area contributed by atoms with Crippen LogP contribution in [0.4, 0.5) is 5.69 Å². The lowest BCUT2D eigenvalue weighted by molar-refractivity contribution is 0.354. The number of benzene rings is 2. The zero-order chi connectivity index (χ0) is 24.3. The number of fused-ring (bicyclic) bond motifs is 1. The minimum atomic E-state index is -0.518. The van der Waals surface area contributed by atoms with E-state index in [2.05, 4.69) is 69.9 Å². The summed E-state index contributed by atoms with van der Waals surface area (Å²) >= 11 is 0. The van der Waals surface area contributed by atoms with Crippen molar-refractivity contribution in [1.29, 1.82) is 5.26 Å². The Hall–Kier alpha value is -4.50. The lowest BCUT2D eigenvalue weighted by Gasteiger charge is -2.36. The largest absolute Gasteiger partial charge is 0.493 e. The Balaban J connectivity index is 1.60. The summed E-state index contributed by atoms with van der Waals surface area (Å²) in [5, 5.41) is 14.9. The van der Waals surface area contributed by atoms with Crippen molar-refractivity contribution in [2.45, 2.75) is 18.4 Å². The van der Waals surface area contributed by atoms with Crippen molar-refractivity contribution < 1.29 is 9.47 Å². The number of allylic oxidation sites excluding steroid dienone is 2. The van der Waals surface area contributed by atoms with Crippen LogP contribution in [0.1, 0.15) is 28.7 Å². The molecule has 0 aliphatic heterocycles. The smallest absolute Gasteiger partial charge is 0.160 e. The Morgan fingerprint density at radius 3 is 2.74 bits per heavy atom.